The maximum Gasteiger partial charge on any atom is 0.224 e. The van der Waals surface area contributed by atoms with Crippen molar-refractivity contribution >= 4 is 46.4 Å². The minimum atomic E-state index is -0.166. The van der Waals surface area contributed by atoms with Gasteiger partial charge < -0.3 is 10.6 Å². The molecule has 2 amide bonds. The molecular weight excluding hydrogens is 275 g/mol. The standard InChI is InChI=1S/C12H14Cl2N2O2/c1-3-11(17)15-9-5-7(13)8(14)6-10(9)16-12(18)4-2/h5-6H,3-4H2,1-2H3,(H,15,17)(H,16,18). The Balaban J connectivity index is 3.08. The van der Waals surface area contributed by atoms with Crippen LogP contribution in [0, 0.1) is 0 Å². The molecule has 98 valence electrons. The highest BCUT2D eigenvalue weighted by molar-refractivity contribution is 6.42. The maximum atomic E-state index is 11.4. The van der Waals surface area contributed by atoms with Gasteiger partial charge in [0, 0.05) is 12.8 Å². The summed E-state index contributed by atoms with van der Waals surface area (Å²) in [5.74, 6) is -0.333. The predicted molar refractivity (Wildman–Crippen MR) is 74.3 cm³/mol. The molecule has 0 atom stereocenters. The molecule has 0 aliphatic rings. The van der Waals surface area contributed by atoms with E-state index in [1.54, 1.807) is 13.8 Å². The lowest BCUT2D eigenvalue weighted by atomic mass is 10.2. The second-order valence-electron chi connectivity index (χ2n) is 3.62. The average Bonchev–Trinajstić information content (AvgIpc) is 2.34. The van der Waals surface area contributed by atoms with Gasteiger partial charge in [-0.15, -0.1) is 0 Å². The molecule has 0 aliphatic carbocycles. The van der Waals surface area contributed by atoms with Crippen molar-refractivity contribution in [3.8, 4) is 0 Å². The Labute approximate surface area is 116 Å². The van der Waals surface area contributed by atoms with E-state index in [2.05, 4.69) is 10.6 Å². The van der Waals surface area contributed by atoms with E-state index < -0.39 is 0 Å². The van der Waals surface area contributed by atoms with Gasteiger partial charge in [-0.05, 0) is 12.1 Å². The van der Waals surface area contributed by atoms with Crippen LogP contribution in [-0.2, 0) is 9.59 Å². The highest BCUT2D eigenvalue weighted by Crippen LogP contribution is 2.32. The molecule has 18 heavy (non-hydrogen) atoms. The van der Waals surface area contributed by atoms with Crippen molar-refractivity contribution in [2.45, 2.75) is 26.7 Å². The minimum Gasteiger partial charge on any atom is -0.324 e. The molecule has 0 saturated heterocycles. The van der Waals surface area contributed by atoms with Gasteiger partial charge in [0.05, 0.1) is 21.4 Å². The van der Waals surface area contributed by atoms with E-state index in [0.717, 1.165) is 0 Å². The van der Waals surface area contributed by atoms with Crippen molar-refractivity contribution in [3.05, 3.63) is 22.2 Å². The molecule has 0 aromatic heterocycles. The lowest BCUT2D eigenvalue weighted by Gasteiger charge is -2.13. The molecule has 0 spiro atoms. The molecule has 0 aliphatic heterocycles. The zero-order valence-corrected chi connectivity index (χ0v) is 11.7. The molecule has 0 radical (unpaired) electrons. The first-order chi connectivity index (χ1) is 8.47. The summed E-state index contributed by atoms with van der Waals surface area (Å²) in [5, 5.41) is 5.96. The third-order valence-corrected chi connectivity index (χ3v) is 2.97. The number of nitrogens with one attached hydrogen (secondary N) is 2. The number of carbonyl (C=O) groups excluding carboxylic acids is 2. The van der Waals surface area contributed by atoms with Gasteiger partial charge in [-0.2, -0.15) is 0 Å². The molecule has 0 fully saturated rings. The fourth-order valence-electron chi connectivity index (χ4n) is 1.23. The van der Waals surface area contributed by atoms with Crippen LogP contribution in [0.5, 0.6) is 0 Å². The van der Waals surface area contributed by atoms with Crippen LogP contribution in [0.15, 0.2) is 12.1 Å². The molecule has 0 unspecified atom stereocenters. The van der Waals surface area contributed by atoms with Crippen molar-refractivity contribution in [1.82, 2.24) is 0 Å². The van der Waals surface area contributed by atoms with Gasteiger partial charge in [-0.25, -0.2) is 0 Å². The minimum absolute atomic E-state index is 0.166. The number of anilines is 2. The van der Waals surface area contributed by atoms with Crippen molar-refractivity contribution in [2.24, 2.45) is 0 Å². The fraction of sp³-hybridized carbons (Fsp3) is 0.333. The third-order valence-electron chi connectivity index (χ3n) is 2.25. The topological polar surface area (TPSA) is 58.2 Å². The monoisotopic (exact) mass is 288 g/mol. The smallest absolute Gasteiger partial charge is 0.224 e. The number of carbonyl (C=O) groups is 2. The van der Waals surface area contributed by atoms with Gasteiger partial charge in [0.1, 0.15) is 0 Å². The number of amides is 2. The van der Waals surface area contributed by atoms with Crippen LogP contribution in [0.25, 0.3) is 0 Å². The summed E-state index contributed by atoms with van der Waals surface area (Å²) in [7, 11) is 0. The number of hydrogen-bond donors (Lipinski definition) is 2. The lowest BCUT2D eigenvalue weighted by Crippen LogP contribution is -2.15. The third kappa shape index (κ3) is 3.89. The molecule has 1 aromatic rings. The van der Waals surface area contributed by atoms with Crippen LogP contribution in [0.4, 0.5) is 11.4 Å². The first-order valence-electron chi connectivity index (χ1n) is 5.56. The molecule has 2 N–H and O–H groups in total. The Kier molecular flexibility index (Phi) is 5.44. The summed E-state index contributed by atoms with van der Waals surface area (Å²) < 4.78 is 0. The Morgan fingerprint density at radius 1 is 0.944 bits per heavy atom. The SMILES string of the molecule is CCC(=O)Nc1cc(Cl)c(Cl)cc1NC(=O)CC. The second-order valence-corrected chi connectivity index (χ2v) is 4.43. The van der Waals surface area contributed by atoms with Crippen LogP contribution in [0.2, 0.25) is 10.0 Å². The average molecular weight is 289 g/mol. The lowest BCUT2D eigenvalue weighted by molar-refractivity contribution is -0.116. The van der Waals surface area contributed by atoms with Gasteiger partial charge in [0.2, 0.25) is 11.8 Å². The molecule has 4 nitrogen and oxygen atoms in total. The van der Waals surface area contributed by atoms with Gasteiger partial charge in [0.15, 0.2) is 0 Å². The van der Waals surface area contributed by atoms with E-state index in [9.17, 15) is 9.59 Å². The summed E-state index contributed by atoms with van der Waals surface area (Å²) in [6.07, 6.45) is 0.669. The van der Waals surface area contributed by atoms with E-state index >= 15 is 0 Å². The molecular formula is C12H14Cl2N2O2. The van der Waals surface area contributed by atoms with Gasteiger partial charge >= 0.3 is 0 Å². The fourth-order valence-corrected chi connectivity index (χ4v) is 1.56. The largest absolute Gasteiger partial charge is 0.324 e. The zero-order chi connectivity index (χ0) is 13.7. The number of halogens is 2. The van der Waals surface area contributed by atoms with Crippen LogP contribution in [0.1, 0.15) is 26.7 Å². The van der Waals surface area contributed by atoms with E-state index in [1.165, 1.54) is 12.1 Å². The number of rotatable bonds is 4. The van der Waals surface area contributed by atoms with Crippen molar-refractivity contribution in [3.63, 3.8) is 0 Å². The molecule has 1 aromatic carbocycles. The van der Waals surface area contributed by atoms with Crippen molar-refractivity contribution < 1.29 is 9.59 Å². The second kappa shape index (κ2) is 6.61. The molecule has 0 bridgehead atoms. The Hall–Kier alpha value is -1.26. The Morgan fingerprint density at radius 3 is 1.56 bits per heavy atom. The first-order valence-corrected chi connectivity index (χ1v) is 6.32. The summed E-state index contributed by atoms with van der Waals surface area (Å²) in [5.41, 5.74) is 0.885. The van der Waals surface area contributed by atoms with Gasteiger partial charge in [-0.3, -0.25) is 9.59 Å². The quantitative estimate of drug-likeness (QED) is 0.888. The van der Waals surface area contributed by atoms with Gasteiger partial charge in [0.25, 0.3) is 0 Å². The molecule has 0 saturated carbocycles. The molecule has 0 heterocycles. The Morgan fingerprint density at radius 2 is 1.28 bits per heavy atom. The maximum absolute atomic E-state index is 11.4. The van der Waals surface area contributed by atoms with E-state index in [-0.39, 0.29) is 11.8 Å². The van der Waals surface area contributed by atoms with Crippen LogP contribution in [0.3, 0.4) is 0 Å². The van der Waals surface area contributed by atoms with Gasteiger partial charge in [-0.1, -0.05) is 37.0 Å². The van der Waals surface area contributed by atoms with Crippen LogP contribution < -0.4 is 10.6 Å². The first kappa shape index (κ1) is 14.8. The normalized spacial score (nSPS) is 10.0. The summed E-state index contributed by atoms with van der Waals surface area (Å²) in [6.45, 7) is 3.47. The van der Waals surface area contributed by atoms with Crippen LogP contribution >= 0.6 is 23.2 Å². The Bertz CT molecular complexity index is 432. The van der Waals surface area contributed by atoms with Crippen molar-refractivity contribution in [1.29, 1.82) is 0 Å². The molecule has 6 heteroatoms. The van der Waals surface area contributed by atoms with E-state index in [4.69, 9.17) is 23.2 Å². The number of benzene rings is 1. The van der Waals surface area contributed by atoms with Crippen molar-refractivity contribution in [2.75, 3.05) is 10.6 Å². The predicted octanol–water partition coefficient (Wildman–Crippen LogP) is 3.69. The summed E-state index contributed by atoms with van der Waals surface area (Å²) in [6, 6.07) is 3.03. The molecule has 1 rings (SSSR count). The zero-order valence-electron chi connectivity index (χ0n) is 10.1. The summed E-state index contributed by atoms with van der Waals surface area (Å²) >= 11 is 11.8. The van der Waals surface area contributed by atoms with E-state index in [1.807, 2.05) is 0 Å². The highest BCUT2D eigenvalue weighted by Gasteiger charge is 2.11. The van der Waals surface area contributed by atoms with E-state index in [0.29, 0.717) is 34.3 Å². The van der Waals surface area contributed by atoms with Crippen LogP contribution in [-0.4, -0.2) is 11.8 Å². The summed E-state index contributed by atoms with van der Waals surface area (Å²) in [4.78, 5) is 22.8. The number of hydrogen-bond acceptors (Lipinski definition) is 2. The highest BCUT2D eigenvalue weighted by atomic mass is 35.5.